The van der Waals surface area contributed by atoms with Crippen molar-refractivity contribution < 1.29 is 0 Å². The van der Waals surface area contributed by atoms with Crippen molar-refractivity contribution in [1.29, 1.82) is 0 Å². The lowest BCUT2D eigenvalue weighted by Crippen LogP contribution is -1.96. The molecule has 0 unspecified atom stereocenters. The van der Waals surface area contributed by atoms with Crippen LogP contribution in [-0.2, 0) is 0 Å². The zero-order chi connectivity index (χ0) is 42.5. The summed E-state index contributed by atoms with van der Waals surface area (Å²) in [5, 5.41) is 5.22. The summed E-state index contributed by atoms with van der Waals surface area (Å²) in [6.07, 6.45) is 0. The molecular weight excluding hydrogens is 769 g/mol. The van der Waals surface area contributed by atoms with E-state index in [0.717, 1.165) is 0 Å². The number of rotatable bonds is 6. The molecule has 0 atom stereocenters. The largest absolute Gasteiger partial charge is 0.0622 e. The van der Waals surface area contributed by atoms with E-state index in [0.29, 0.717) is 0 Å². The Morgan fingerprint density at radius 3 is 0.875 bits per heavy atom. The van der Waals surface area contributed by atoms with Crippen LogP contribution >= 0.6 is 0 Å². The van der Waals surface area contributed by atoms with Gasteiger partial charge >= 0.3 is 0 Å². The van der Waals surface area contributed by atoms with Gasteiger partial charge in [-0.1, -0.05) is 218 Å². The lowest BCUT2D eigenvalue weighted by molar-refractivity contribution is 1.44. The van der Waals surface area contributed by atoms with E-state index in [1.165, 1.54) is 144 Å². The van der Waals surface area contributed by atoms with Crippen molar-refractivity contribution in [3.63, 3.8) is 0 Å². The normalized spacial score (nSPS) is 11.9. The summed E-state index contributed by atoms with van der Waals surface area (Å²) in [6.45, 7) is 4.49. The second-order valence-corrected chi connectivity index (χ2v) is 17.5. The minimum Gasteiger partial charge on any atom is -0.0622 e. The van der Waals surface area contributed by atoms with E-state index < -0.39 is 0 Å². The molecule has 298 valence electrons. The van der Waals surface area contributed by atoms with Gasteiger partial charge in [0.25, 0.3) is 0 Å². The van der Waals surface area contributed by atoms with Crippen molar-refractivity contribution >= 4 is 21.5 Å². The zero-order valence-corrected chi connectivity index (χ0v) is 35.8. The van der Waals surface area contributed by atoms with E-state index in [2.05, 4.69) is 232 Å². The van der Waals surface area contributed by atoms with Gasteiger partial charge in [0, 0.05) is 0 Å². The van der Waals surface area contributed by atoms with Crippen LogP contribution in [0, 0.1) is 13.8 Å². The highest BCUT2D eigenvalue weighted by Crippen LogP contribution is 2.64. The fraction of sp³-hybridized carbons (Fsp3) is 0.0312. The Hall–Kier alpha value is -8.06. The topological polar surface area (TPSA) is 0 Å². The number of benzene rings is 11. The molecule has 0 aromatic heterocycles. The van der Waals surface area contributed by atoms with Crippen LogP contribution < -0.4 is 0 Å². The molecule has 0 saturated heterocycles. The van der Waals surface area contributed by atoms with Gasteiger partial charge in [0.15, 0.2) is 0 Å². The predicted octanol–water partition coefficient (Wildman–Crippen LogP) is 17.9. The van der Waals surface area contributed by atoms with Gasteiger partial charge in [-0.3, -0.25) is 0 Å². The quantitative estimate of drug-likeness (QED) is 0.157. The van der Waals surface area contributed by atoms with Crippen molar-refractivity contribution in [3.8, 4) is 111 Å². The third-order valence-electron chi connectivity index (χ3n) is 14.1. The second-order valence-electron chi connectivity index (χ2n) is 17.5. The molecule has 64 heavy (non-hydrogen) atoms. The van der Waals surface area contributed by atoms with Gasteiger partial charge in [-0.2, -0.15) is 0 Å². The summed E-state index contributed by atoms with van der Waals surface area (Å²) < 4.78 is 0. The van der Waals surface area contributed by atoms with E-state index in [1.807, 2.05) is 0 Å². The van der Waals surface area contributed by atoms with E-state index in [9.17, 15) is 0 Å². The number of aryl methyl sites for hydroxylation is 2. The summed E-state index contributed by atoms with van der Waals surface area (Å²) in [5.74, 6) is 0. The molecule has 2 aliphatic carbocycles. The minimum absolute atomic E-state index is 1.22. The Bertz CT molecular complexity index is 3480. The van der Waals surface area contributed by atoms with E-state index in [4.69, 9.17) is 0 Å². The number of fused-ring (bicyclic) bond motifs is 7. The van der Waals surface area contributed by atoms with Crippen molar-refractivity contribution in [2.45, 2.75) is 13.8 Å². The van der Waals surface area contributed by atoms with Crippen molar-refractivity contribution in [2.24, 2.45) is 0 Å². The molecule has 0 radical (unpaired) electrons. The molecular formula is C64H42. The summed E-state index contributed by atoms with van der Waals surface area (Å²) in [5.41, 5.74) is 28.2. The first-order valence-electron chi connectivity index (χ1n) is 22.4. The molecule has 0 fully saturated rings. The van der Waals surface area contributed by atoms with Crippen LogP contribution in [0.1, 0.15) is 11.1 Å². The lowest BCUT2D eigenvalue weighted by atomic mass is 9.79. The molecule has 0 spiro atoms. The molecule has 0 nitrogen and oxygen atoms in total. The zero-order valence-electron chi connectivity index (χ0n) is 35.8. The smallest absolute Gasteiger partial charge is 0.000718 e. The molecule has 0 N–H and O–H groups in total. The standard InChI is InChI=1S/C64H42/c1-39-19-9-11-25-43(39)51-33-34-52(44-26-12-10-20-40(44)2)60-54-36-38-56-62-55(37-35-53(59(51)60)61(54)62)63-57(47-29-15-13-27-45(47)41-21-5-3-6-22-41)49-31-17-18-32-50(49)58(64(56)63)48-30-16-14-28-46(48)42-23-7-4-8-24-42/h3-38H,1-2H3. The molecule has 11 aromatic rings. The highest BCUT2D eigenvalue weighted by Gasteiger charge is 2.37. The average molecular weight is 811 g/mol. The van der Waals surface area contributed by atoms with Crippen LogP contribution in [-0.4, -0.2) is 0 Å². The van der Waals surface area contributed by atoms with Crippen LogP contribution in [0.15, 0.2) is 218 Å². The average Bonchev–Trinajstić information content (AvgIpc) is 3.87. The Labute approximate surface area is 374 Å². The molecule has 0 aliphatic heterocycles. The van der Waals surface area contributed by atoms with E-state index in [1.54, 1.807) is 0 Å². The third kappa shape index (κ3) is 5.23. The van der Waals surface area contributed by atoms with Gasteiger partial charge in [0.2, 0.25) is 0 Å². The van der Waals surface area contributed by atoms with Crippen LogP contribution in [0.5, 0.6) is 0 Å². The number of hydrogen-bond acceptors (Lipinski definition) is 0. The molecule has 11 aromatic carbocycles. The van der Waals surface area contributed by atoms with Gasteiger partial charge in [-0.05, 0) is 158 Å². The summed E-state index contributed by atoms with van der Waals surface area (Å²) in [4.78, 5) is 0. The van der Waals surface area contributed by atoms with Gasteiger partial charge in [0.05, 0.1) is 0 Å². The first-order chi connectivity index (χ1) is 31.7. The van der Waals surface area contributed by atoms with Crippen LogP contribution in [0.25, 0.3) is 133 Å². The molecule has 0 bridgehead atoms. The van der Waals surface area contributed by atoms with Crippen molar-refractivity contribution in [1.82, 2.24) is 0 Å². The molecule has 2 aliphatic rings. The molecule has 0 heteroatoms. The van der Waals surface area contributed by atoms with Gasteiger partial charge in [0.1, 0.15) is 0 Å². The SMILES string of the molecule is Cc1ccccc1-c1ccc(-c2ccccc2C)c2c1-c1ccc3c4c(ccc-2c14)-c1c-3c(-c2ccccc2-c2ccccc2)c2ccccc2c1-c1ccccc1-c1ccccc1. The Balaban J connectivity index is 1.19. The Morgan fingerprint density at radius 1 is 0.188 bits per heavy atom. The summed E-state index contributed by atoms with van der Waals surface area (Å²) >= 11 is 0. The first kappa shape index (κ1) is 36.6. The van der Waals surface area contributed by atoms with Gasteiger partial charge < -0.3 is 0 Å². The highest BCUT2D eigenvalue weighted by atomic mass is 14.4. The monoisotopic (exact) mass is 810 g/mol. The molecule has 0 amide bonds. The summed E-state index contributed by atoms with van der Waals surface area (Å²) in [6, 6.07) is 81.4. The van der Waals surface area contributed by atoms with Crippen LogP contribution in [0.3, 0.4) is 0 Å². The number of hydrogen-bond donors (Lipinski definition) is 0. The van der Waals surface area contributed by atoms with Gasteiger partial charge in [-0.25, -0.2) is 0 Å². The maximum absolute atomic E-state index is 2.46. The highest BCUT2D eigenvalue weighted by molar-refractivity contribution is 6.34. The third-order valence-corrected chi connectivity index (χ3v) is 14.1. The molecule has 13 rings (SSSR count). The summed E-state index contributed by atoms with van der Waals surface area (Å²) in [7, 11) is 0. The van der Waals surface area contributed by atoms with Crippen molar-refractivity contribution in [3.05, 3.63) is 230 Å². The minimum atomic E-state index is 1.22. The van der Waals surface area contributed by atoms with Crippen LogP contribution in [0.2, 0.25) is 0 Å². The molecule has 0 saturated carbocycles. The molecule has 0 heterocycles. The maximum Gasteiger partial charge on any atom is -0.000718 e. The Kier molecular flexibility index (Phi) is 8.14. The first-order valence-corrected chi connectivity index (χ1v) is 22.4. The van der Waals surface area contributed by atoms with E-state index in [-0.39, 0.29) is 0 Å². The van der Waals surface area contributed by atoms with Crippen molar-refractivity contribution in [2.75, 3.05) is 0 Å². The van der Waals surface area contributed by atoms with Gasteiger partial charge in [-0.15, -0.1) is 0 Å². The predicted molar refractivity (Wildman–Crippen MR) is 272 cm³/mol. The fourth-order valence-electron chi connectivity index (χ4n) is 11.4. The lowest BCUT2D eigenvalue weighted by Gasteiger charge is -2.23. The maximum atomic E-state index is 2.46. The Morgan fingerprint density at radius 2 is 0.484 bits per heavy atom. The second kappa shape index (κ2) is 14.2. The van der Waals surface area contributed by atoms with Crippen LogP contribution in [0.4, 0.5) is 0 Å². The van der Waals surface area contributed by atoms with E-state index >= 15 is 0 Å². The fourth-order valence-corrected chi connectivity index (χ4v) is 11.4.